The SMILES string of the molecule is CCc1oc(C(=O)OC)cc1S(=O)(=O)N1CCC(N)C(C)(C)C1. The summed E-state index contributed by atoms with van der Waals surface area (Å²) >= 11 is 0. The number of aryl methyl sites for hydroxylation is 1. The molecule has 1 saturated heterocycles. The summed E-state index contributed by atoms with van der Waals surface area (Å²) in [5.74, 6) is -0.531. The molecule has 2 N–H and O–H groups in total. The fourth-order valence-electron chi connectivity index (χ4n) is 2.75. The van der Waals surface area contributed by atoms with E-state index in [0.717, 1.165) is 0 Å². The van der Waals surface area contributed by atoms with Crippen molar-refractivity contribution in [1.82, 2.24) is 4.31 Å². The summed E-state index contributed by atoms with van der Waals surface area (Å²) in [5, 5.41) is 0. The van der Waals surface area contributed by atoms with E-state index in [2.05, 4.69) is 4.74 Å². The lowest BCUT2D eigenvalue weighted by atomic mass is 9.81. The number of piperidine rings is 1. The summed E-state index contributed by atoms with van der Waals surface area (Å²) in [4.78, 5) is 11.6. The second-order valence-corrected chi connectivity index (χ2v) is 8.37. The van der Waals surface area contributed by atoms with E-state index in [1.165, 1.54) is 17.5 Å². The summed E-state index contributed by atoms with van der Waals surface area (Å²) in [7, 11) is -2.52. The van der Waals surface area contributed by atoms with Gasteiger partial charge in [0.25, 0.3) is 0 Å². The molecule has 130 valence electrons. The zero-order valence-electron chi connectivity index (χ0n) is 14.0. The zero-order valence-corrected chi connectivity index (χ0v) is 14.8. The molecule has 2 rings (SSSR count). The van der Waals surface area contributed by atoms with E-state index >= 15 is 0 Å². The van der Waals surface area contributed by atoms with Crippen molar-refractivity contribution in [2.24, 2.45) is 11.1 Å². The lowest BCUT2D eigenvalue weighted by Crippen LogP contribution is -2.53. The number of methoxy groups -OCH3 is 1. The van der Waals surface area contributed by atoms with Gasteiger partial charge in [0.2, 0.25) is 15.8 Å². The molecular weight excluding hydrogens is 320 g/mol. The van der Waals surface area contributed by atoms with Crippen molar-refractivity contribution in [2.75, 3.05) is 20.2 Å². The number of carbonyl (C=O) groups excluding carboxylic acids is 1. The lowest BCUT2D eigenvalue weighted by Gasteiger charge is -2.41. The average molecular weight is 344 g/mol. The molecule has 0 bridgehead atoms. The molecule has 0 amide bonds. The molecule has 1 aliphatic rings. The van der Waals surface area contributed by atoms with Crippen LogP contribution in [0.5, 0.6) is 0 Å². The molecule has 1 fully saturated rings. The van der Waals surface area contributed by atoms with E-state index in [1.807, 2.05) is 13.8 Å². The smallest absolute Gasteiger partial charge is 0.373 e. The molecule has 8 heteroatoms. The Kier molecular flexibility index (Phi) is 4.89. The van der Waals surface area contributed by atoms with Gasteiger partial charge in [-0.25, -0.2) is 13.2 Å². The number of hydrogen-bond donors (Lipinski definition) is 1. The van der Waals surface area contributed by atoms with E-state index < -0.39 is 16.0 Å². The van der Waals surface area contributed by atoms with E-state index in [1.54, 1.807) is 6.92 Å². The number of carbonyl (C=O) groups is 1. The molecule has 2 heterocycles. The Hall–Kier alpha value is -1.38. The molecule has 0 aromatic carbocycles. The molecule has 7 nitrogen and oxygen atoms in total. The van der Waals surface area contributed by atoms with Gasteiger partial charge >= 0.3 is 5.97 Å². The van der Waals surface area contributed by atoms with E-state index in [-0.39, 0.29) is 27.9 Å². The first kappa shape index (κ1) is 18.0. The normalized spacial score (nSPS) is 22.0. The van der Waals surface area contributed by atoms with Gasteiger partial charge in [-0.15, -0.1) is 0 Å². The van der Waals surface area contributed by atoms with Crippen molar-refractivity contribution in [3.05, 3.63) is 17.6 Å². The number of furan rings is 1. The molecule has 1 atom stereocenters. The molecule has 0 aliphatic carbocycles. The maximum Gasteiger partial charge on any atom is 0.373 e. The summed E-state index contributed by atoms with van der Waals surface area (Å²) in [6, 6.07) is 1.20. The third-order valence-corrected chi connectivity index (χ3v) is 6.27. The Morgan fingerprint density at radius 2 is 2.17 bits per heavy atom. The van der Waals surface area contributed by atoms with E-state index in [0.29, 0.717) is 25.9 Å². The number of hydrogen-bond acceptors (Lipinski definition) is 6. The monoisotopic (exact) mass is 344 g/mol. The fourth-order valence-corrected chi connectivity index (χ4v) is 4.60. The number of nitrogens with two attached hydrogens (primary N) is 1. The first-order valence-corrected chi connectivity index (χ1v) is 9.04. The lowest BCUT2D eigenvalue weighted by molar-refractivity contribution is 0.0563. The fraction of sp³-hybridized carbons (Fsp3) is 0.667. The van der Waals surface area contributed by atoms with E-state index in [9.17, 15) is 13.2 Å². The second kappa shape index (κ2) is 6.26. The van der Waals surface area contributed by atoms with Crippen LogP contribution in [0.25, 0.3) is 0 Å². The van der Waals surface area contributed by atoms with Crippen molar-refractivity contribution in [1.29, 1.82) is 0 Å². The van der Waals surface area contributed by atoms with Gasteiger partial charge in [0.15, 0.2) is 0 Å². The molecule has 0 spiro atoms. The molecular formula is C15H24N2O5S. The minimum atomic E-state index is -3.74. The van der Waals surface area contributed by atoms with Crippen LogP contribution >= 0.6 is 0 Å². The molecule has 23 heavy (non-hydrogen) atoms. The van der Waals surface area contributed by atoms with Crippen molar-refractivity contribution in [3.63, 3.8) is 0 Å². The van der Waals surface area contributed by atoms with Gasteiger partial charge < -0.3 is 14.9 Å². The van der Waals surface area contributed by atoms with Gasteiger partial charge in [-0.2, -0.15) is 4.31 Å². The molecule has 0 radical (unpaired) electrons. The molecule has 1 aliphatic heterocycles. The highest BCUT2D eigenvalue weighted by Gasteiger charge is 2.40. The van der Waals surface area contributed by atoms with Gasteiger partial charge in [0.1, 0.15) is 10.7 Å². The third kappa shape index (κ3) is 3.29. The highest BCUT2D eigenvalue weighted by molar-refractivity contribution is 7.89. The Balaban J connectivity index is 2.40. The minimum absolute atomic E-state index is 0.0340. The quantitative estimate of drug-likeness (QED) is 0.828. The Morgan fingerprint density at radius 3 is 2.70 bits per heavy atom. The predicted octanol–water partition coefficient (Wildman–Crippen LogP) is 1.38. The van der Waals surface area contributed by atoms with Crippen LogP contribution in [0.1, 0.15) is 43.5 Å². The van der Waals surface area contributed by atoms with E-state index in [4.69, 9.17) is 10.2 Å². The summed E-state index contributed by atoms with van der Waals surface area (Å²) in [6.07, 6.45) is 0.956. The highest BCUT2D eigenvalue weighted by Crippen LogP contribution is 2.33. The van der Waals surface area contributed by atoms with Gasteiger partial charge in [0, 0.05) is 31.6 Å². The van der Waals surface area contributed by atoms with Crippen LogP contribution in [0, 0.1) is 5.41 Å². The van der Waals surface area contributed by atoms with Crippen LogP contribution in [-0.2, 0) is 21.2 Å². The summed E-state index contributed by atoms with van der Waals surface area (Å²) < 4.78 is 37.3. The highest BCUT2D eigenvalue weighted by atomic mass is 32.2. The van der Waals surface area contributed by atoms with Crippen LogP contribution in [0.3, 0.4) is 0 Å². The number of rotatable bonds is 4. The Morgan fingerprint density at radius 1 is 1.52 bits per heavy atom. The molecule has 1 aromatic heterocycles. The standard InChI is InChI=1S/C15H24N2O5S/c1-5-10-12(8-11(22-10)14(18)21-4)23(19,20)17-7-6-13(16)15(2,3)9-17/h8,13H,5-7,9,16H2,1-4H3. The van der Waals surface area contributed by atoms with Crippen molar-refractivity contribution in [3.8, 4) is 0 Å². The van der Waals surface area contributed by atoms with Crippen LogP contribution in [0.15, 0.2) is 15.4 Å². The summed E-state index contributed by atoms with van der Waals surface area (Å²) in [6.45, 7) is 6.37. The number of esters is 1. The number of ether oxygens (including phenoxy) is 1. The third-order valence-electron chi connectivity index (χ3n) is 4.37. The summed E-state index contributed by atoms with van der Waals surface area (Å²) in [5.41, 5.74) is 5.76. The van der Waals surface area contributed by atoms with Gasteiger partial charge in [-0.05, 0) is 11.8 Å². The zero-order chi connectivity index (χ0) is 17.4. The van der Waals surface area contributed by atoms with Gasteiger partial charge in [-0.1, -0.05) is 20.8 Å². The van der Waals surface area contributed by atoms with Crippen molar-refractivity contribution in [2.45, 2.75) is 44.6 Å². The molecule has 1 unspecified atom stereocenters. The molecule has 0 saturated carbocycles. The molecule has 1 aromatic rings. The first-order chi connectivity index (χ1) is 10.6. The van der Waals surface area contributed by atoms with Gasteiger partial charge in [0.05, 0.1) is 7.11 Å². The first-order valence-electron chi connectivity index (χ1n) is 7.60. The van der Waals surface area contributed by atoms with Crippen LogP contribution in [0.4, 0.5) is 0 Å². The second-order valence-electron chi connectivity index (χ2n) is 6.47. The van der Waals surface area contributed by atoms with Crippen LogP contribution < -0.4 is 5.73 Å². The van der Waals surface area contributed by atoms with Gasteiger partial charge in [-0.3, -0.25) is 0 Å². The van der Waals surface area contributed by atoms with Crippen molar-refractivity contribution < 1.29 is 22.4 Å². The maximum absolute atomic E-state index is 13.0. The van der Waals surface area contributed by atoms with Crippen LogP contribution in [-0.4, -0.2) is 44.9 Å². The Bertz CT molecular complexity index is 693. The maximum atomic E-state index is 13.0. The predicted molar refractivity (Wildman–Crippen MR) is 84.6 cm³/mol. The topological polar surface area (TPSA) is 103 Å². The minimum Gasteiger partial charge on any atom is -0.463 e. The number of sulfonamides is 1. The Labute approximate surface area is 136 Å². The number of nitrogens with zero attached hydrogens (tertiary/aromatic N) is 1. The largest absolute Gasteiger partial charge is 0.463 e. The van der Waals surface area contributed by atoms with Crippen LogP contribution in [0.2, 0.25) is 0 Å². The van der Waals surface area contributed by atoms with Crippen molar-refractivity contribution >= 4 is 16.0 Å². The average Bonchev–Trinajstić information content (AvgIpc) is 2.94.